The lowest BCUT2D eigenvalue weighted by molar-refractivity contribution is 0.275. The Labute approximate surface area is 165 Å². The van der Waals surface area contributed by atoms with Crippen molar-refractivity contribution in [2.75, 3.05) is 0 Å². The fraction of sp³-hybridized carbons (Fsp3) is 0.583. The van der Waals surface area contributed by atoms with E-state index in [2.05, 4.69) is 75.8 Å². The maximum absolute atomic E-state index is 4.82. The molecule has 1 heterocycles. The van der Waals surface area contributed by atoms with E-state index >= 15 is 0 Å². The van der Waals surface area contributed by atoms with Crippen LogP contribution in [0.5, 0.6) is 0 Å². The molecule has 0 atom stereocenters. The fourth-order valence-corrected chi connectivity index (χ4v) is 5.22. The third-order valence-electron chi connectivity index (χ3n) is 7.02. The minimum absolute atomic E-state index is 0.0119. The van der Waals surface area contributed by atoms with Gasteiger partial charge >= 0.3 is 0 Å². The van der Waals surface area contributed by atoms with Crippen LogP contribution in [0.4, 0.5) is 0 Å². The van der Waals surface area contributed by atoms with E-state index in [9.17, 15) is 0 Å². The Balaban J connectivity index is 2.11. The van der Waals surface area contributed by atoms with Crippen molar-refractivity contribution in [2.24, 2.45) is 7.05 Å². The van der Waals surface area contributed by atoms with Crippen molar-refractivity contribution >= 4 is 0 Å². The van der Waals surface area contributed by atoms with Crippen LogP contribution in [0.15, 0.2) is 47.6 Å². The van der Waals surface area contributed by atoms with Gasteiger partial charge in [-0.2, -0.15) is 0 Å². The van der Waals surface area contributed by atoms with Gasteiger partial charge < -0.3 is 4.57 Å². The lowest BCUT2D eigenvalue weighted by atomic mass is 9.63. The van der Waals surface area contributed by atoms with E-state index in [0.29, 0.717) is 0 Å². The van der Waals surface area contributed by atoms with Crippen LogP contribution in [-0.2, 0) is 17.9 Å². The number of rotatable bonds is 7. The summed E-state index contributed by atoms with van der Waals surface area (Å²) < 4.78 is 2.33. The predicted octanol–water partition coefficient (Wildman–Crippen LogP) is 6.09. The van der Waals surface area contributed by atoms with Crippen LogP contribution in [0.3, 0.4) is 0 Å². The van der Waals surface area contributed by atoms with Crippen LogP contribution in [0.1, 0.15) is 84.3 Å². The topological polar surface area (TPSA) is 30.7 Å². The highest BCUT2D eigenvalue weighted by Crippen LogP contribution is 2.50. The van der Waals surface area contributed by atoms with E-state index < -0.39 is 0 Å². The number of hydrogen-bond acceptors (Lipinski definition) is 2. The normalized spacial score (nSPS) is 19.6. The van der Waals surface area contributed by atoms with Crippen molar-refractivity contribution in [3.63, 3.8) is 0 Å². The van der Waals surface area contributed by atoms with Gasteiger partial charge in [-0.15, -0.1) is 10.2 Å². The molecule has 0 bridgehead atoms. The van der Waals surface area contributed by atoms with E-state index in [0.717, 1.165) is 37.3 Å². The summed E-state index contributed by atoms with van der Waals surface area (Å²) in [6.45, 7) is 9.00. The zero-order valence-electron chi connectivity index (χ0n) is 17.8. The molecule has 1 fully saturated rings. The monoisotopic (exact) mass is 365 g/mol. The maximum atomic E-state index is 4.82. The first kappa shape index (κ1) is 19.9. The average Bonchev–Trinajstić information content (AvgIpc) is 2.87. The molecule has 0 unspecified atom stereocenters. The Kier molecular flexibility index (Phi) is 5.88. The summed E-state index contributed by atoms with van der Waals surface area (Å²) in [5.74, 6) is 2.28. The van der Waals surface area contributed by atoms with Crippen LogP contribution >= 0.6 is 0 Å². The molecule has 0 aliphatic heterocycles. The van der Waals surface area contributed by atoms with Crippen molar-refractivity contribution in [1.82, 2.24) is 14.8 Å². The molecular weight excluding hydrogens is 330 g/mol. The number of allylic oxidation sites excluding steroid dienone is 8. The molecule has 3 rings (SSSR count). The van der Waals surface area contributed by atoms with Gasteiger partial charge in [0.1, 0.15) is 11.6 Å². The van der Waals surface area contributed by atoms with Gasteiger partial charge in [0.25, 0.3) is 0 Å². The molecule has 2 aliphatic carbocycles. The Morgan fingerprint density at radius 1 is 1.19 bits per heavy atom. The molecule has 0 spiro atoms. The predicted molar refractivity (Wildman–Crippen MR) is 114 cm³/mol. The van der Waals surface area contributed by atoms with Gasteiger partial charge in [0.2, 0.25) is 0 Å². The summed E-state index contributed by atoms with van der Waals surface area (Å²) in [6, 6.07) is 0. The Bertz CT molecular complexity index is 781. The van der Waals surface area contributed by atoms with Gasteiger partial charge in [0.15, 0.2) is 0 Å². The second kappa shape index (κ2) is 8.00. The van der Waals surface area contributed by atoms with Crippen LogP contribution in [0, 0.1) is 0 Å². The Morgan fingerprint density at radius 3 is 2.48 bits per heavy atom. The molecule has 2 aliphatic rings. The van der Waals surface area contributed by atoms with Gasteiger partial charge in [-0.05, 0) is 51.0 Å². The SMILES string of the molecule is C/C=C(\CC)C(CC)(CC)c1nnc(C2(C3=CC=CCC=C3)CCC2)n1C. The van der Waals surface area contributed by atoms with Crippen molar-refractivity contribution in [1.29, 1.82) is 0 Å². The molecule has 146 valence electrons. The molecule has 1 aromatic rings. The highest BCUT2D eigenvalue weighted by Gasteiger charge is 2.47. The van der Waals surface area contributed by atoms with E-state index in [4.69, 9.17) is 10.2 Å². The number of hydrogen-bond donors (Lipinski definition) is 0. The Hall–Kier alpha value is -1.90. The van der Waals surface area contributed by atoms with Gasteiger partial charge in [-0.25, -0.2) is 0 Å². The molecule has 0 aromatic carbocycles. The van der Waals surface area contributed by atoms with Crippen LogP contribution < -0.4 is 0 Å². The molecule has 0 N–H and O–H groups in total. The largest absolute Gasteiger partial charge is 0.317 e. The lowest BCUT2D eigenvalue weighted by Crippen LogP contribution is -2.39. The second-order valence-electron chi connectivity index (χ2n) is 7.99. The van der Waals surface area contributed by atoms with Crippen molar-refractivity contribution in [3.05, 3.63) is 59.3 Å². The molecule has 3 heteroatoms. The summed E-state index contributed by atoms with van der Waals surface area (Å²) >= 11 is 0. The fourth-order valence-electron chi connectivity index (χ4n) is 5.22. The van der Waals surface area contributed by atoms with E-state index in [1.807, 2.05) is 0 Å². The first-order chi connectivity index (χ1) is 13.1. The molecule has 1 aromatic heterocycles. The first-order valence-electron chi connectivity index (χ1n) is 10.7. The third-order valence-corrected chi connectivity index (χ3v) is 7.02. The lowest BCUT2D eigenvalue weighted by Gasteiger charge is -2.42. The smallest absolute Gasteiger partial charge is 0.143 e. The molecule has 0 radical (unpaired) electrons. The molecule has 3 nitrogen and oxygen atoms in total. The summed E-state index contributed by atoms with van der Waals surface area (Å²) in [5, 5.41) is 9.63. The summed E-state index contributed by atoms with van der Waals surface area (Å²) in [4.78, 5) is 0. The molecule has 0 saturated heterocycles. The minimum Gasteiger partial charge on any atom is -0.317 e. The highest BCUT2D eigenvalue weighted by atomic mass is 15.3. The number of nitrogens with zero attached hydrogens (tertiary/aromatic N) is 3. The molecular formula is C24H35N3. The average molecular weight is 366 g/mol. The van der Waals surface area contributed by atoms with Crippen molar-refractivity contribution in [2.45, 2.75) is 83.5 Å². The summed E-state index contributed by atoms with van der Waals surface area (Å²) in [7, 11) is 2.19. The highest BCUT2D eigenvalue weighted by molar-refractivity contribution is 5.43. The first-order valence-corrected chi connectivity index (χ1v) is 10.7. The summed E-state index contributed by atoms with van der Waals surface area (Å²) in [6.07, 6.45) is 21.3. The zero-order chi connectivity index (χ0) is 19.5. The van der Waals surface area contributed by atoms with Crippen molar-refractivity contribution in [3.8, 4) is 0 Å². The van der Waals surface area contributed by atoms with E-state index in [1.54, 1.807) is 0 Å². The minimum atomic E-state index is -0.0119. The van der Waals surface area contributed by atoms with Gasteiger partial charge in [-0.1, -0.05) is 69.2 Å². The van der Waals surface area contributed by atoms with Crippen LogP contribution in [-0.4, -0.2) is 14.8 Å². The zero-order valence-corrected chi connectivity index (χ0v) is 17.8. The third kappa shape index (κ3) is 3.05. The van der Waals surface area contributed by atoms with E-state index in [1.165, 1.54) is 30.4 Å². The summed E-state index contributed by atoms with van der Waals surface area (Å²) in [5.41, 5.74) is 2.89. The second-order valence-corrected chi connectivity index (χ2v) is 7.99. The van der Waals surface area contributed by atoms with Gasteiger partial charge in [0.05, 0.1) is 10.8 Å². The molecule has 27 heavy (non-hydrogen) atoms. The molecule has 0 amide bonds. The quantitative estimate of drug-likeness (QED) is 0.547. The maximum Gasteiger partial charge on any atom is 0.143 e. The van der Waals surface area contributed by atoms with Gasteiger partial charge in [-0.3, -0.25) is 0 Å². The Morgan fingerprint density at radius 2 is 1.93 bits per heavy atom. The van der Waals surface area contributed by atoms with E-state index in [-0.39, 0.29) is 10.8 Å². The van der Waals surface area contributed by atoms with Crippen molar-refractivity contribution < 1.29 is 0 Å². The van der Waals surface area contributed by atoms with Gasteiger partial charge in [0, 0.05) is 7.05 Å². The standard InChI is InChI=1S/C24H35N3/c1-6-19(7-2)23(8-3,9-4)21-25-26-22(27(21)5)24(17-14-18-24)20-15-12-10-11-13-16-20/h6,10,12-13,15-16H,7-9,11,14,17-18H2,1-5H3/b19-6+. The van der Waals surface area contributed by atoms with Crippen LogP contribution in [0.2, 0.25) is 0 Å². The van der Waals surface area contributed by atoms with Crippen LogP contribution in [0.25, 0.3) is 0 Å². The molecule has 1 saturated carbocycles. The number of aromatic nitrogens is 3.